The molecule has 0 saturated carbocycles. The van der Waals surface area contributed by atoms with Crippen molar-refractivity contribution in [3.8, 4) is 0 Å². The smallest absolute Gasteiger partial charge is 0.408 e. The molecule has 0 saturated heterocycles. The van der Waals surface area contributed by atoms with Crippen LogP contribution in [0.5, 0.6) is 0 Å². The van der Waals surface area contributed by atoms with Crippen molar-refractivity contribution in [1.29, 1.82) is 0 Å². The third-order valence-electron chi connectivity index (χ3n) is 2.98. The molecule has 0 aliphatic heterocycles. The number of halogens is 2. The van der Waals surface area contributed by atoms with Gasteiger partial charge in [-0.05, 0) is 45.0 Å². The molecule has 140 valence electrons. The zero-order chi connectivity index (χ0) is 19.2. The molecule has 0 fully saturated rings. The van der Waals surface area contributed by atoms with Crippen LogP contribution in [-0.4, -0.2) is 54.6 Å². The molecule has 1 aromatic carbocycles. The minimum atomic E-state index is -1.92. The molecular formula is C17H24F2N2O3S. The van der Waals surface area contributed by atoms with Gasteiger partial charge in [-0.3, -0.25) is 4.79 Å². The van der Waals surface area contributed by atoms with Gasteiger partial charge in [0.1, 0.15) is 11.4 Å². The molecule has 25 heavy (non-hydrogen) atoms. The number of amides is 2. The monoisotopic (exact) mass is 374 g/mol. The van der Waals surface area contributed by atoms with E-state index in [4.69, 9.17) is 4.74 Å². The second kappa shape index (κ2) is 9.03. The number of nitrogens with zero attached hydrogens (tertiary/aromatic N) is 1. The van der Waals surface area contributed by atoms with E-state index in [0.717, 1.165) is 4.90 Å². The summed E-state index contributed by atoms with van der Waals surface area (Å²) in [5.41, 5.74) is -0.740. The zero-order valence-corrected chi connectivity index (χ0v) is 15.8. The van der Waals surface area contributed by atoms with Crippen LogP contribution in [0.25, 0.3) is 0 Å². The number of alkyl halides is 1. The Hall–Kier alpha value is -1.83. The Kier molecular flexibility index (Phi) is 7.66. The normalized spacial score (nSPS) is 13.7. The van der Waals surface area contributed by atoms with Crippen molar-refractivity contribution < 1.29 is 23.1 Å². The van der Waals surface area contributed by atoms with Crippen molar-refractivity contribution in [3.05, 3.63) is 30.1 Å². The van der Waals surface area contributed by atoms with Crippen LogP contribution in [0, 0.1) is 5.82 Å². The van der Waals surface area contributed by atoms with Gasteiger partial charge < -0.3 is 15.0 Å². The number of benzene rings is 1. The minimum Gasteiger partial charge on any atom is -0.444 e. The van der Waals surface area contributed by atoms with Gasteiger partial charge in [0.2, 0.25) is 0 Å². The van der Waals surface area contributed by atoms with E-state index < -0.39 is 29.8 Å². The lowest BCUT2D eigenvalue weighted by Crippen LogP contribution is -2.50. The highest BCUT2D eigenvalue weighted by molar-refractivity contribution is 7.99. The maximum Gasteiger partial charge on any atom is 0.408 e. The van der Waals surface area contributed by atoms with E-state index in [-0.39, 0.29) is 11.6 Å². The van der Waals surface area contributed by atoms with Gasteiger partial charge in [0.05, 0.1) is 6.04 Å². The van der Waals surface area contributed by atoms with Crippen molar-refractivity contribution in [2.75, 3.05) is 19.8 Å². The number of carbonyl (C=O) groups is 2. The number of nitrogens with one attached hydrogen (secondary N) is 1. The van der Waals surface area contributed by atoms with Crippen molar-refractivity contribution in [2.45, 2.75) is 43.5 Å². The van der Waals surface area contributed by atoms with Gasteiger partial charge in [-0.2, -0.15) is 0 Å². The van der Waals surface area contributed by atoms with E-state index >= 15 is 0 Å². The number of ether oxygens (including phenoxy) is 1. The highest BCUT2D eigenvalue weighted by Crippen LogP contribution is 2.21. The summed E-state index contributed by atoms with van der Waals surface area (Å²) >= 11 is 1.21. The summed E-state index contributed by atoms with van der Waals surface area (Å²) < 4.78 is 32.6. The molecule has 1 rings (SSSR count). The first-order chi connectivity index (χ1) is 11.5. The topological polar surface area (TPSA) is 58.6 Å². The van der Waals surface area contributed by atoms with Gasteiger partial charge in [-0.25, -0.2) is 13.6 Å². The standard InChI is InChI=1S/C17H24F2N2O3S/c1-17(2,3)24-16(23)20-13(14(19)15(22)21(4)5)10-25-12-8-6-11(18)7-9-12/h6-9,13-14H,10H2,1-5H3,(H,20,23)/t13-,14-/m0/s1. The van der Waals surface area contributed by atoms with Crippen LogP contribution in [-0.2, 0) is 9.53 Å². The van der Waals surface area contributed by atoms with Crippen LogP contribution in [0.15, 0.2) is 29.2 Å². The van der Waals surface area contributed by atoms with E-state index in [1.165, 1.54) is 38.0 Å². The lowest BCUT2D eigenvalue weighted by Gasteiger charge is -2.26. The van der Waals surface area contributed by atoms with Crippen molar-refractivity contribution >= 4 is 23.8 Å². The van der Waals surface area contributed by atoms with E-state index in [1.54, 1.807) is 32.9 Å². The first-order valence-corrected chi connectivity index (χ1v) is 8.71. The van der Waals surface area contributed by atoms with Gasteiger partial charge >= 0.3 is 6.09 Å². The fourth-order valence-corrected chi connectivity index (χ4v) is 2.75. The van der Waals surface area contributed by atoms with E-state index in [2.05, 4.69) is 5.32 Å². The average molecular weight is 374 g/mol. The molecule has 2 amide bonds. The van der Waals surface area contributed by atoms with Crippen LogP contribution < -0.4 is 5.32 Å². The third-order valence-corrected chi connectivity index (χ3v) is 4.11. The van der Waals surface area contributed by atoms with Gasteiger partial charge in [0.15, 0.2) is 6.17 Å². The zero-order valence-electron chi connectivity index (χ0n) is 15.0. The van der Waals surface area contributed by atoms with E-state index in [1.807, 2.05) is 0 Å². The van der Waals surface area contributed by atoms with Crippen molar-refractivity contribution in [2.24, 2.45) is 0 Å². The molecule has 1 aromatic rings. The summed E-state index contributed by atoms with van der Waals surface area (Å²) in [4.78, 5) is 25.7. The maximum atomic E-state index is 14.5. The largest absolute Gasteiger partial charge is 0.444 e. The summed E-state index contributed by atoms with van der Waals surface area (Å²) in [6, 6.07) is 4.59. The van der Waals surface area contributed by atoms with Crippen LogP contribution in [0.4, 0.5) is 13.6 Å². The fourth-order valence-electron chi connectivity index (χ4n) is 1.79. The molecule has 0 spiro atoms. The quantitative estimate of drug-likeness (QED) is 0.777. The fraction of sp³-hybridized carbons (Fsp3) is 0.529. The molecular weight excluding hydrogens is 350 g/mol. The van der Waals surface area contributed by atoms with Crippen molar-refractivity contribution in [1.82, 2.24) is 10.2 Å². The number of alkyl carbamates (subject to hydrolysis) is 1. The Morgan fingerprint density at radius 1 is 1.24 bits per heavy atom. The molecule has 2 atom stereocenters. The summed E-state index contributed by atoms with van der Waals surface area (Å²) in [6.07, 6.45) is -2.72. The predicted octanol–water partition coefficient (Wildman–Crippen LogP) is 3.24. The Balaban J connectivity index is 2.81. The Morgan fingerprint density at radius 2 is 1.80 bits per heavy atom. The van der Waals surface area contributed by atoms with Gasteiger partial charge in [-0.1, -0.05) is 0 Å². The number of hydrogen-bond donors (Lipinski definition) is 1. The van der Waals surface area contributed by atoms with Crippen molar-refractivity contribution in [3.63, 3.8) is 0 Å². The Morgan fingerprint density at radius 3 is 2.28 bits per heavy atom. The van der Waals surface area contributed by atoms with Crippen LogP contribution in [0.1, 0.15) is 20.8 Å². The maximum absolute atomic E-state index is 14.5. The predicted molar refractivity (Wildman–Crippen MR) is 93.9 cm³/mol. The van der Waals surface area contributed by atoms with Crippen LogP contribution in [0.3, 0.4) is 0 Å². The van der Waals surface area contributed by atoms with Gasteiger partial charge in [0.25, 0.3) is 5.91 Å². The number of thioether (sulfide) groups is 1. The highest BCUT2D eigenvalue weighted by atomic mass is 32.2. The third kappa shape index (κ3) is 7.72. The molecule has 0 unspecified atom stereocenters. The lowest BCUT2D eigenvalue weighted by atomic mass is 10.2. The first kappa shape index (κ1) is 21.2. The number of rotatable bonds is 6. The Bertz CT molecular complexity index is 589. The molecule has 0 bridgehead atoms. The average Bonchev–Trinajstić information content (AvgIpc) is 2.49. The summed E-state index contributed by atoms with van der Waals surface area (Å²) in [5, 5.41) is 2.41. The molecule has 5 nitrogen and oxygen atoms in total. The molecule has 0 heterocycles. The molecule has 8 heteroatoms. The summed E-state index contributed by atoms with van der Waals surface area (Å²) in [6.45, 7) is 5.06. The van der Waals surface area contributed by atoms with E-state index in [9.17, 15) is 18.4 Å². The van der Waals surface area contributed by atoms with E-state index in [0.29, 0.717) is 4.90 Å². The number of hydrogen-bond acceptors (Lipinski definition) is 4. The second-order valence-electron chi connectivity index (χ2n) is 6.65. The van der Waals surface area contributed by atoms with Gasteiger partial charge in [-0.15, -0.1) is 11.8 Å². The molecule has 0 aromatic heterocycles. The Labute approximate surface area is 151 Å². The molecule has 1 N–H and O–H groups in total. The van der Waals surface area contributed by atoms with Crippen LogP contribution in [0.2, 0.25) is 0 Å². The molecule has 0 aliphatic rings. The lowest BCUT2D eigenvalue weighted by molar-refractivity contribution is -0.134. The highest BCUT2D eigenvalue weighted by Gasteiger charge is 2.32. The van der Waals surface area contributed by atoms with Gasteiger partial charge in [0, 0.05) is 24.7 Å². The molecule has 0 radical (unpaired) electrons. The SMILES string of the molecule is CN(C)C(=O)[C@@H](F)[C@H](CSc1ccc(F)cc1)NC(=O)OC(C)(C)C. The van der Waals surface area contributed by atoms with Crippen LogP contribution >= 0.6 is 11.8 Å². The summed E-state index contributed by atoms with van der Waals surface area (Å²) in [7, 11) is 2.87. The second-order valence-corrected chi connectivity index (χ2v) is 7.75. The number of carbonyl (C=O) groups excluding carboxylic acids is 2. The first-order valence-electron chi connectivity index (χ1n) is 7.72. The minimum absolute atomic E-state index is 0.0889. The molecule has 0 aliphatic carbocycles. The summed E-state index contributed by atoms with van der Waals surface area (Å²) in [5.74, 6) is -1.04.